The van der Waals surface area contributed by atoms with E-state index in [-0.39, 0.29) is 5.66 Å². The van der Waals surface area contributed by atoms with E-state index in [1.807, 2.05) is 29.2 Å². The number of aromatic nitrogens is 5. The lowest BCUT2D eigenvalue weighted by molar-refractivity contribution is -0.0714. The molecule has 0 spiro atoms. The molecule has 0 bridgehead atoms. The fourth-order valence-corrected chi connectivity index (χ4v) is 4.82. The summed E-state index contributed by atoms with van der Waals surface area (Å²) in [5.74, 6) is 0. The van der Waals surface area contributed by atoms with Crippen LogP contribution in [0.4, 0.5) is 0 Å². The molecule has 29 heavy (non-hydrogen) atoms. The third-order valence-corrected chi connectivity index (χ3v) is 6.36. The summed E-state index contributed by atoms with van der Waals surface area (Å²) in [7, 11) is 0. The smallest absolute Gasteiger partial charge is 0.259 e. The molecule has 1 fully saturated rings. The summed E-state index contributed by atoms with van der Waals surface area (Å²) in [4.78, 5) is 15.8. The van der Waals surface area contributed by atoms with Crippen LogP contribution in [0, 0.1) is 0 Å². The molecule has 0 unspecified atom stereocenters. The van der Waals surface area contributed by atoms with Gasteiger partial charge in [0, 0.05) is 25.5 Å². The Morgan fingerprint density at radius 1 is 0.931 bits per heavy atom. The minimum absolute atomic E-state index is 0.107. The van der Waals surface area contributed by atoms with Crippen LogP contribution >= 0.6 is 0 Å². The molecule has 1 aliphatic carbocycles. The number of rotatable bonds is 8. The summed E-state index contributed by atoms with van der Waals surface area (Å²) in [5.41, 5.74) is 2.03. The van der Waals surface area contributed by atoms with E-state index in [2.05, 4.69) is 69.6 Å². The van der Waals surface area contributed by atoms with Gasteiger partial charge in [-0.15, -0.1) is 0 Å². The average Bonchev–Trinajstić information content (AvgIpc) is 3.28. The Hall–Kier alpha value is -2.11. The monoisotopic (exact) mass is 403 g/mol. The highest BCUT2D eigenvalue weighted by Gasteiger charge is 2.40. The van der Waals surface area contributed by atoms with Gasteiger partial charge >= 0.3 is 0 Å². The van der Waals surface area contributed by atoms with E-state index in [9.17, 15) is 0 Å². The molecule has 2 radical (unpaired) electrons. The molecule has 0 aliphatic heterocycles. The maximum Gasteiger partial charge on any atom is 0.259 e. The molecule has 1 saturated carbocycles. The van der Waals surface area contributed by atoms with Gasteiger partial charge in [0.05, 0.1) is 23.7 Å². The van der Waals surface area contributed by atoms with Crippen molar-refractivity contribution in [3.8, 4) is 0 Å². The molecule has 1 aliphatic rings. The maximum absolute atomic E-state index is 4.59. The number of hydrogen-bond donors (Lipinski definition) is 0. The predicted octanol–water partition coefficient (Wildman–Crippen LogP) is 2.77. The summed E-state index contributed by atoms with van der Waals surface area (Å²) in [6.07, 6.45) is 13.0. The predicted molar refractivity (Wildman–Crippen MR) is 111 cm³/mol. The molecule has 3 heterocycles. The normalized spacial score (nSPS) is 16.3. The minimum atomic E-state index is -0.107. The van der Waals surface area contributed by atoms with Crippen LogP contribution in [-0.4, -0.2) is 55.7 Å². The summed E-state index contributed by atoms with van der Waals surface area (Å²) in [6, 6.07) is 12.2. The highest BCUT2D eigenvalue weighted by molar-refractivity contribution is 6.04. The largest absolute Gasteiger partial charge is 0.381 e. The summed E-state index contributed by atoms with van der Waals surface area (Å²) < 4.78 is 4.30. The van der Waals surface area contributed by atoms with E-state index in [1.165, 1.54) is 19.3 Å². The molecule has 0 N–H and O–H groups in total. The Balaban J connectivity index is 1.65. The van der Waals surface area contributed by atoms with Crippen molar-refractivity contribution in [1.82, 2.24) is 33.5 Å². The van der Waals surface area contributed by atoms with Crippen LogP contribution in [0.5, 0.6) is 0 Å². The van der Waals surface area contributed by atoms with Gasteiger partial charge in [0.15, 0.2) is 0 Å². The fraction of sp³-hybridized carbons (Fsp3) is 0.429. The molecule has 3 aromatic rings. The average molecular weight is 403 g/mol. The molecule has 4 rings (SSSR count). The number of hydrogen-bond acceptors (Lipinski definition) is 6. The third-order valence-electron chi connectivity index (χ3n) is 5.70. The summed E-state index contributed by atoms with van der Waals surface area (Å²) in [6.45, 7) is 2.21. The van der Waals surface area contributed by atoms with Crippen molar-refractivity contribution in [2.75, 3.05) is 0 Å². The quantitative estimate of drug-likeness (QED) is 0.426. The second-order valence-corrected chi connectivity index (χ2v) is 8.21. The zero-order valence-electron chi connectivity index (χ0n) is 16.6. The molecule has 0 amide bonds. The lowest BCUT2D eigenvalue weighted by Crippen LogP contribution is -2.60. The molecule has 0 atom stereocenters. The highest BCUT2D eigenvalue weighted by Crippen LogP contribution is 2.37. The zero-order valence-corrected chi connectivity index (χ0v) is 17.8. The van der Waals surface area contributed by atoms with Gasteiger partial charge in [-0.25, -0.2) is 9.67 Å². The Bertz CT molecular complexity index is 851. The SMILES string of the molecule is [Al][N](Cc1ccccn1)C1(N(Cc2ccccn2)Cn2cncn2)CCCCC1. The summed E-state index contributed by atoms with van der Waals surface area (Å²) >= 11 is 2.99. The Labute approximate surface area is 180 Å². The van der Waals surface area contributed by atoms with E-state index < -0.39 is 0 Å². The fourth-order valence-electron chi connectivity index (χ4n) is 4.21. The molecule has 8 heteroatoms. The Morgan fingerprint density at radius 2 is 1.62 bits per heavy atom. The molecule has 7 nitrogen and oxygen atoms in total. The van der Waals surface area contributed by atoms with Crippen LogP contribution < -0.4 is 0 Å². The van der Waals surface area contributed by atoms with Crippen molar-refractivity contribution >= 4 is 16.5 Å². The number of pyridine rings is 2. The van der Waals surface area contributed by atoms with Gasteiger partial charge in [0.25, 0.3) is 16.5 Å². The lowest BCUT2D eigenvalue weighted by Gasteiger charge is -2.53. The van der Waals surface area contributed by atoms with Crippen LogP contribution in [0.15, 0.2) is 61.4 Å². The summed E-state index contributed by atoms with van der Waals surface area (Å²) in [5, 5.41) is 4.37. The first-order chi connectivity index (χ1) is 14.3. The van der Waals surface area contributed by atoms with Crippen molar-refractivity contribution in [3.05, 3.63) is 72.8 Å². The van der Waals surface area contributed by atoms with Gasteiger partial charge in [0.1, 0.15) is 12.7 Å². The molecule has 0 saturated heterocycles. The van der Waals surface area contributed by atoms with Crippen molar-refractivity contribution in [1.29, 1.82) is 0 Å². The first-order valence-corrected chi connectivity index (χ1v) is 10.7. The molecular formula is C21H26AlN7. The van der Waals surface area contributed by atoms with E-state index in [4.69, 9.17) is 0 Å². The van der Waals surface area contributed by atoms with Gasteiger partial charge in [-0.3, -0.25) is 14.9 Å². The van der Waals surface area contributed by atoms with Crippen molar-refractivity contribution in [2.24, 2.45) is 0 Å². The molecule has 3 aromatic heterocycles. The second kappa shape index (κ2) is 9.59. The topological polar surface area (TPSA) is 63.0 Å². The van der Waals surface area contributed by atoms with Crippen molar-refractivity contribution < 1.29 is 0 Å². The zero-order chi connectivity index (χ0) is 19.9. The van der Waals surface area contributed by atoms with Gasteiger partial charge in [-0.1, -0.05) is 31.4 Å². The van der Waals surface area contributed by atoms with Gasteiger partial charge in [-0.05, 0) is 37.1 Å². The van der Waals surface area contributed by atoms with E-state index >= 15 is 0 Å². The van der Waals surface area contributed by atoms with Crippen LogP contribution in [0.3, 0.4) is 0 Å². The highest BCUT2D eigenvalue weighted by atomic mass is 27.1. The third kappa shape index (κ3) is 4.91. The molecule has 148 valence electrons. The first kappa shape index (κ1) is 20.2. The Kier molecular flexibility index (Phi) is 6.68. The van der Waals surface area contributed by atoms with Gasteiger partial charge in [0.2, 0.25) is 0 Å². The van der Waals surface area contributed by atoms with E-state index in [1.54, 1.807) is 12.7 Å². The van der Waals surface area contributed by atoms with Crippen LogP contribution in [0.1, 0.15) is 43.5 Å². The van der Waals surface area contributed by atoms with Crippen molar-refractivity contribution in [2.45, 2.75) is 57.5 Å². The van der Waals surface area contributed by atoms with Crippen LogP contribution in [0.25, 0.3) is 0 Å². The van der Waals surface area contributed by atoms with Crippen LogP contribution in [0.2, 0.25) is 0 Å². The molecular weight excluding hydrogens is 377 g/mol. The minimum Gasteiger partial charge on any atom is -0.381 e. The van der Waals surface area contributed by atoms with Gasteiger partial charge in [-0.2, -0.15) is 5.10 Å². The van der Waals surface area contributed by atoms with E-state index in [0.29, 0.717) is 6.67 Å². The second-order valence-electron chi connectivity index (χ2n) is 7.59. The van der Waals surface area contributed by atoms with Gasteiger partial charge < -0.3 is 3.88 Å². The standard InChI is InChI=1S/C21H26N7.Al/c1-4-10-21(11-5-1,25-14-19-8-2-6-12-23-19)27(18-28-17-22-16-26-28)15-20-9-3-7-13-24-20;/h2-3,6-9,12-13,16-17H,1,4-5,10-11,14-15,18H2;/q-1;+1. The molecule has 0 aromatic carbocycles. The Morgan fingerprint density at radius 3 is 2.21 bits per heavy atom. The van der Waals surface area contributed by atoms with E-state index in [0.717, 1.165) is 37.3 Å². The number of nitrogens with zero attached hydrogens (tertiary/aromatic N) is 7. The lowest BCUT2D eigenvalue weighted by atomic mass is 9.87. The first-order valence-electron chi connectivity index (χ1n) is 10.2. The maximum atomic E-state index is 4.59. The van der Waals surface area contributed by atoms with Crippen molar-refractivity contribution in [3.63, 3.8) is 0 Å². The van der Waals surface area contributed by atoms with Crippen LogP contribution in [-0.2, 0) is 19.8 Å².